The van der Waals surface area contributed by atoms with Gasteiger partial charge in [0.25, 0.3) is 5.91 Å². The van der Waals surface area contributed by atoms with Crippen LogP contribution in [0.5, 0.6) is 0 Å². The zero-order valence-electron chi connectivity index (χ0n) is 18.4. The third-order valence-corrected chi connectivity index (χ3v) is 7.80. The van der Waals surface area contributed by atoms with Crippen LogP contribution < -0.4 is 11.1 Å². The van der Waals surface area contributed by atoms with Gasteiger partial charge in [-0.05, 0) is 55.5 Å². The van der Waals surface area contributed by atoms with Gasteiger partial charge in [0.05, 0.1) is 17.0 Å². The number of benzene rings is 1. The Morgan fingerprint density at radius 2 is 2.03 bits per heavy atom. The highest BCUT2D eigenvalue weighted by Crippen LogP contribution is 2.39. The first-order chi connectivity index (χ1) is 16.5. The number of carbonyl (C=O) groups is 2. The molecule has 34 heavy (non-hydrogen) atoms. The van der Waals surface area contributed by atoms with Gasteiger partial charge in [-0.2, -0.15) is 0 Å². The lowest BCUT2D eigenvalue weighted by Crippen LogP contribution is -2.19. The van der Waals surface area contributed by atoms with E-state index in [1.165, 1.54) is 23.1 Å². The van der Waals surface area contributed by atoms with Crippen molar-refractivity contribution < 1.29 is 9.59 Å². The van der Waals surface area contributed by atoms with Crippen LogP contribution >= 0.6 is 23.1 Å². The number of rotatable bonds is 7. The predicted molar refractivity (Wildman–Crippen MR) is 134 cm³/mol. The molecule has 0 saturated heterocycles. The van der Waals surface area contributed by atoms with Crippen molar-refractivity contribution in [3.63, 3.8) is 0 Å². The Morgan fingerprint density at radius 1 is 1.18 bits per heavy atom. The molecule has 0 saturated carbocycles. The maximum atomic E-state index is 12.8. The summed E-state index contributed by atoms with van der Waals surface area (Å²) in [5.74, 6) is 0.0334. The molecule has 0 atom stereocenters. The molecule has 0 fully saturated rings. The second kappa shape index (κ2) is 9.40. The summed E-state index contributed by atoms with van der Waals surface area (Å²) < 4.78 is 1.94. The first-order valence-electron chi connectivity index (χ1n) is 10.8. The summed E-state index contributed by atoms with van der Waals surface area (Å²) in [6, 6.07) is 11.7. The molecule has 3 aromatic heterocycles. The number of nitrogens with two attached hydrogens (primary N) is 1. The van der Waals surface area contributed by atoms with Gasteiger partial charge in [0.2, 0.25) is 5.91 Å². The number of nitrogens with one attached hydrogen (secondary N) is 1. The van der Waals surface area contributed by atoms with E-state index < -0.39 is 5.91 Å². The average molecular weight is 491 g/mol. The van der Waals surface area contributed by atoms with Gasteiger partial charge in [-0.25, -0.2) is 0 Å². The van der Waals surface area contributed by atoms with Crippen LogP contribution in [0.4, 0.5) is 5.00 Å². The van der Waals surface area contributed by atoms with Crippen molar-refractivity contribution in [3.05, 3.63) is 70.4 Å². The summed E-state index contributed by atoms with van der Waals surface area (Å²) in [7, 11) is 0. The number of hydrogen-bond donors (Lipinski definition) is 2. The SMILES string of the molecule is Cc1ccccc1-n1c(SCC(=O)Nc2sc3c(c2C(N)=O)CCC3)nnc1-c1cccnc1. The Labute approximate surface area is 204 Å². The van der Waals surface area contributed by atoms with Crippen molar-refractivity contribution in [1.29, 1.82) is 0 Å². The number of hydrogen-bond acceptors (Lipinski definition) is 7. The Balaban J connectivity index is 1.40. The smallest absolute Gasteiger partial charge is 0.251 e. The van der Waals surface area contributed by atoms with Crippen molar-refractivity contribution >= 4 is 39.9 Å². The van der Waals surface area contributed by atoms with Crippen LogP contribution in [0, 0.1) is 6.92 Å². The fraction of sp³-hybridized carbons (Fsp3) is 0.208. The molecule has 1 aliphatic rings. The number of thioether (sulfide) groups is 1. The maximum Gasteiger partial charge on any atom is 0.251 e. The Hall–Kier alpha value is -3.50. The zero-order chi connectivity index (χ0) is 23.7. The molecule has 1 aliphatic carbocycles. The summed E-state index contributed by atoms with van der Waals surface area (Å²) in [6.45, 7) is 2.02. The molecule has 1 aromatic carbocycles. The fourth-order valence-corrected chi connectivity index (χ4v) is 6.18. The average Bonchev–Trinajstić information content (AvgIpc) is 3.53. The van der Waals surface area contributed by atoms with Crippen LogP contribution in [0.3, 0.4) is 0 Å². The summed E-state index contributed by atoms with van der Waals surface area (Å²) in [5.41, 5.74) is 9.87. The van der Waals surface area contributed by atoms with E-state index in [-0.39, 0.29) is 11.7 Å². The van der Waals surface area contributed by atoms with Crippen LogP contribution in [0.25, 0.3) is 17.1 Å². The second-order valence-corrected chi connectivity index (χ2v) is 9.98. The van der Waals surface area contributed by atoms with Gasteiger partial charge in [-0.3, -0.25) is 19.1 Å². The highest BCUT2D eigenvalue weighted by Gasteiger charge is 2.26. The molecular formula is C24H22N6O2S2. The molecule has 2 amide bonds. The van der Waals surface area contributed by atoms with Crippen LogP contribution in [0.2, 0.25) is 0 Å². The molecule has 5 rings (SSSR count). The highest BCUT2D eigenvalue weighted by molar-refractivity contribution is 7.99. The molecule has 0 aliphatic heterocycles. The molecule has 172 valence electrons. The molecule has 0 radical (unpaired) electrons. The summed E-state index contributed by atoms with van der Waals surface area (Å²) in [5, 5.41) is 12.8. The van der Waals surface area contributed by atoms with E-state index in [1.807, 2.05) is 47.9 Å². The molecule has 3 heterocycles. The lowest BCUT2D eigenvalue weighted by molar-refractivity contribution is -0.113. The summed E-state index contributed by atoms with van der Waals surface area (Å²) in [6.07, 6.45) is 6.20. The minimum Gasteiger partial charge on any atom is -0.365 e. The van der Waals surface area contributed by atoms with Gasteiger partial charge in [0.1, 0.15) is 5.00 Å². The number of para-hydroxylation sites is 1. The monoisotopic (exact) mass is 490 g/mol. The highest BCUT2D eigenvalue weighted by atomic mass is 32.2. The number of pyridine rings is 1. The van der Waals surface area contributed by atoms with Crippen LogP contribution in [0.15, 0.2) is 53.9 Å². The minimum absolute atomic E-state index is 0.109. The summed E-state index contributed by atoms with van der Waals surface area (Å²) >= 11 is 2.73. The second-order valence-electron chi connectivity index (χ2n) is 7.93. The van der Waals surface area contributed by atoms with Crippen molar-refractivity contribution in [3.8, 4) is 17.1 Å². The van der Waals surface area contributed by atoms with Gasteiger partial charge < -0.3 is 11.1 Å². The molecule has 0 spiro atoms. The third-order valence-electron chi connectivity index (χ3n) is 5.66. The molecule has 10 heteroatoms. The van der Waals surface area contributed by atoms with Gasteiger partial charge in [0, 0.05) is 22.8 Å². The maximum absolute atomic E-state index is 12.8. The van der Waals surface area contributed by atoms with Crippen molar-refractivity contribution in [2.45, 2.75) is 31.3 Å². The lowest BCUT2D eigenvalue weighted by Gasteiger charge is -2.12. The van der Waals surface area contributed by atoms with Crippen molar-refractivity contribution in [1.82, 2.24) is 19.7 Å². The first kappa shape index (κ1) is 22.3. The molecule has 0 unspecified atom stereocenters. The normalized spacial score (nSPS) is 12.5. The fourth-order valence-electron chi connectivity index (χ4n) is 4.12. The van der Waals surface area contributed by atoms with E-state index in [0.29, 0.717) is 21.5 Å². The number of fused-ring (bicyclic) bond motifs is 1. The van der Waals surface area contributed by atoms with E-state index in [1.54, 1.807) is 12.4 Å². The third kappa shape index (κ3) is 4.22. The number of aromatic nitrogens is 4. The number of primary amides is 1. The standard InChI is InChI=1S/C24H22N6O2S2/c1-14-6-2-3-9-17(14)30-22(15-7-5-11-26-12-15)28-29-24(30)33-13-19(31)27-23-20(21(25)32)16-8-4-10-18(16)34-23/h2-3,5-7,9,11-12H,4,8,10,13H2,1H3,(H2,25,32)(H,27,31). The number of anilines is 1. The Morgan fingerprint density at radius 3 is 2.79 bits per heavy atom. The molecule has 3 N–H and O–H groups in total. The number of thiophene rings is 1. The van der Waals surface area contributed by atoms with Crippen LogP contribution in [0.1, 0.15) is 32.8 Å². The summed E-state index contributed by atoms with van der Waals surface area (Å²) in [4.78, 5) is 30.2. The topological polar surface area (TPSA) is 116 Å². The number of aryl methyl sites for hydroxylation is 2. The van der Waals surface area contributed by atoms with Crippen molar-refractivity contribution in [2.75, 3.05) is 11.1 Å². The molecular weight excluding hydrogens is 468 g/mol. The van der Waals surface area contributed by atoms with E-state index in [0.717, 1.165) is 46.5 Å². The largest absolute Gasteiger partial charge is 0.365 e. The number of amides is 2. The van der Waals surface area contributed by atoms with Crippen LogP contribution in [-0.2, 0) is 17.6 Å². The zero-order valence-corrected chi connectivity index (χ0v) is 20.1. The first-order valence-corrected chi connectivity index (χ1v) is 12.6. The minimum atomic E-state index is -0.497. The lowest BCUT2D eigenvalue weighted by atomic mass is 10.1. The van der Waals surface area contributed by atoms with Gasteiger partial charge >= 0.3 is 0 Å². The van der Waals surface area contributed by atoms with E-state index in [4.69, 9.17) is 5.73 Å². The van der Waals surface area contributed by atoms with Gasteiger partial charge in [0.15, 0.2) is 11.0 Å². The van der Waals surface area contributed by atoms with Crippen molar-refractivity contribution in [2.24, 2.45) is 5.73 Å². The van der Waals surface area contributed by atoms with Crippen LogP contribution in [-0.4, -0.2) is 37.3 Å². The van der Waals surface area contributed by atoms with Gasteiger partial charge in [-0.1, -0.05) is 30.0 Å². The quantitative estimate of drug-likeness (QED) is 0.378. The Kier molecular flexibility index (Phi) is 6.16. The number of nitrogens with zero attached hydrogens (tertiary/aromatic N) is 4. The number of carbonyl (C=O) groups excluding carboxylic acids is 2. The van der Waals surface area contributed by atoms with E-state index >= 15 is 0 Å². The molecule has 4 aromatic rings. The van der Waals surface area contributed by atoms with E-state index in [2.05, 4.69) is 20.5 Å². The van der Waals surface area contributed by atoms with Gasteiger partial charge in [-0.15, -0.1) is 21.5 Å². The molecule has 8 nitrogen and oxygen atoms in total. The predicted octanol–water partition coefficient (Wildman–Crippen LogP) is 4.02. The molecule has 0 bridgehead atoms. The Bertz CT molecular complexity index is 1380. The van der Waals surface area contributed by atoms with E-state index in [9.17, 15) is 9.59 Å².